The predicted octanol–water partition coefficient (Wildman–Crippen LogP) is 3.20. The number of hydrogen-bond acceptors (Lipinski definition) is 4. The maximum Gasteiger partial charge on any atom is 0.232 e. The lowest BCUT2D eigenvalue weighted by Crippen LogP contribution is -2.04. The van der Waals surface area contributed by atoms with E-state index in [1.54, 1.807) is 0 Å². The van der Waals surface area contributed by atoms with Gasteiger partial charge in [-0.3, -0.25) is 0 Å². The summed E-state index contributed by atoms with van der Waals surface area (Å²) in [6.45, 7) is 3.12. The van der Waals surface area contributed by atoms with Gasteiger partial charge in [0, 0.05) is 10.7 Å². The van der Waals surface area contributed by atoms with Gasteiger partial charge in [0.1, 0.15) is 0 Å². The van der Waals surface area contributed by atoms with Gasteiger partial charge in [-0.05, 0) is 31.4 Å². The van der Waals surface area contributed by atoms with Crippen LogP contribution in [0.1, 0.15) is 26.2 Å². The van der Waals surface area contributed by atoms with Crippen molar-refractivity contribution < 1.29 is 17.9 Å². The molecular formula is C13H19ClO4S. The summed E-state index contributed by atoms with van der Waals surface area (Å²) in [5.41, 5.74) is 0. The van der Waals surface area contributed by atoms with Crippen LogP contribution in [0.3, 0.4) is 0 Å². The monoisotopic (exact) mass is 306 g/mol. The zero-order valence-corrected chi connectivity index (χ0v) is 12.5. The Morgan fingerprint density at radius 1 is 1.05 bits per heavy atom. The Balaban J connectivity index is 2.36. The zero-order valence-electron chi connectivity index (χ0n) is 11.0. The summed E-state index contributed by atoms with van der Waals surface area (Å²) in [5.74, 6) is 1.38. The number of benzene rings is 1. The van der Waals surface area contributed by atoms with Crippen LogP contribution in [-0.2, 0) is 9.05 Å². The quantitative estimate of drug-likeness (QED) is 0.519. The number of unbranched alkanes of at least 4 members (excludes halogenated alkanes) is 1. The van der Waals surface area contributed by atoms with E-state index >= 15 is 0 Å². The SMILES string of the molecule is CCCOc1ccccc1OCCCCS(=O)(=O)Cl. The third-order valence-electron chi connectivity index (χ3n) is 2.35. The summed E-state index contributed by atoms with van der Waals surface area (Å²) in [5, 5.41) is 0. The normalized spacial score (nSPS) is 11.3. The van der Waals surface area contributed by atoms with E-state index in [2.05, 4.69) is 0 Å². The van der Waals surface area contributed by atoms with Crippen molar-refractivity contribution in [3.8, 4) is 11.5 Å². The van der Waals surface area contributed by atoms with Gasteiger partial charge in [0.25, 0.3) is 0 Å². The van der Waals surface area contributed by atoms with Crippen molar-refractivity contribution >= 4 is 19.7 Å². The van der Waals surface area contributed by atoms with Gasteiger partial charge in [0.05, 0.1) is 19.0 Å². The molecule has 0 aliphatic carbocycles. The molecular weight excluding hydrogens is 288 g/mol. The summed E-state index contributed by atoms with van der Waals surface area (Å²) in [4.78, 5) is 0. The third kappa shape index (κ3) is 7.28. The van der Waals surface area contributed by atoms with Crippen molar-refractivity contribution in [3.05, 3.63) is 24.3 Å². The summed E-state index contributed by atoms with van der Waals surface area (Å²) >= 11 is 0. The molecule has 0 aliphatic heterocycles. The molecule has 1 aromatic rings. The average molecular weight is 307 g/mol. The number of halogens is 1. The fourth-order valence-electron chi connectivity index (χ4n) is 1.46. The van der Waals surface area contributed by atoms with E-state index in [1.807, 2.05) is 31.2 Å². The van der Waals surface area contributed by atoms with Crippen molar-refractivity contribution in [1.82, 2.24) is 0 Å². The molecule has 6 heteroatoms. The van der Waals surface area contributed by atoms with Crippen molar-refractivity contribution in [2.75, 3.05) is 19.0 Å². The Hall–Kier alpha value is -0.940. The Labute approximate surface area is 119 Å². The van der Waals surface area contributed by atoms with E-state index in [0.29, 0.717) is 37.6 Å². The highest BCUT2D eigenvalue weighted by molar-refractivity contribution is 8.13. The van der Waals surface area contributed by atoms with Crippen molar-refractivity contribution in [2.24, 2.45) is 0 Å². The molecule has 0 atom stereocenters. The lowest BCUT2D eigenvalue weighted by atomic mass is 10.3. The van der Waals surface area contributed by atoms with Gasteiger partial charge in [-0.15, -0.1) is 0 Å². The molecule has 0 bridgehead atoms. The highest BCUT2D eigenvalue weighted by atomic mass is 35.7. The van der Waals surface area contributed by atoms with E-state index < -0.39 is 9.05 Å². The lowest BCUT2D eigenvalue weighted by Gasteiger charge is -2.11. The standard InChI is InChI=1S/C13H19ClO4S/c1-2-9-17-12-7-3-4-8-13(12)18-10-5-6-11-19(14,15)16/h3-4,7-8H,2,5-6,9-11H2,1H3. The molecule has 1 aromatic carbocycles. The molecule has 0 radical (unpaired) electrons. The molecule has 0 saturated heterocycles. The predicted molar refractivity (Wildman–Crippen MR) is 76.6 cm³/mol. The van der Waals surface area contributed by atoms with Crippen LogP contribution < -0.4 is 9.47 Å². The molecule has 0 fully saturated rings. The van der Waals surface area contributed by atoms with Crippen LogP contribution in [0.4, 0.5) is 0 Å². The molecule has 19 heavy (non-hydrogen) atoms. The van der Waals surface area contributed by atoms with Crippen LogP contribution in [0.2, 0.25) is 0 Å². The second-order valence-corrected chi connectivity index (χ2v) is 6.99. The lowest BCUT2D eigenvalue weighted by molar-refractivity contribution is 0.265. The van der Waals surface area contributed by atoms with Gasteiger partial charge >= 0.3 is 0 Å². The van der Waals surface area contributed by atoms with E-state index in [-0.39, 0.29) is 5.75 Å². The van der Waals surface area contributed by atoms with Gasteiger partial charge in [-0.1, -0.05) is 19.1 Å². The topological polar surface area (TPSA) is 52.6 Å². The molecule has 108 valence electrons. The first-order valence-electron chi connectivity index (χ1n) is 6.30. The van der Waals surface area contributed by atoms with Crippen LogP contribution >= 0.6 is 10.7 Å². The number of ether oxygens (including phenoxy) is 2. The zero-order chi connectivity index (χ0) is 14.1. The van der Waals surface area contributed by atoms with E-state index in [4.69, 9.17) is 20.2 Å². The number of rotatable bonds is 9. The van der Waals surface area contributed by atoms with E-state index in [1.165, 1.54) is 0 Å². The molecule has 0 amide bonds. The van der Waals surface area contributed by atoms with Crippen molar-refractivity contribution in [3.63, 3.8) is 0 Å². The second kappa shape index (κ2) is 8.27. The Morgan fingerprint density at radius 3 is 2.16 bits per heavy atom. The summed E-state index contributed by atoms with van der Waals surface area (Å²) in [6, 6.07) is 7.45. The molecule has 0 heterocycles. The molecule has 0 saturated carbocycles. The highest BCUT2D eigenvalue weighted by Gasteiger charge is 2.06. The molecule has 0 aliphatic rings. The number of para-hydroxylation sites is 2. The first-order chi connectivity index (χ1) is 9.03. The molecule has 0 N–H and O–H groups in total. The molecule has 0 unspecified atom stereocenters. The minimum absolute atomic E-state index is 0.0219. The van der Waals surface area contributed by atoms with Crippen molar-refractivity contribution in [2.45, 2.75) is 26.2 Å². The van der Waals surface area contributed by atoms with Gasteiger partial charge < -0.3 is 9.47 Å². The third-order valence-corrected chi connectivity index (χ3v) is 3.59. The van der Waals surface area contributed by atoms with Crippen LogP contribution in [-0.4, -0.2) is 27.4 Å². The maximum atomic E-state index is 10.7. The van der Waals surface area contributed by atoms with Crippen LogP contribution in [0.15, 0.2) is 24.3 Å². The van der Waals surface area contributed by atoms with Gasteiger partial charge in [0.15, 0.2) is 11.5 Å². The van der Waals surface area contributed by atoms with Crippen LogP contribution in [0.5, 0.6) is 11.5 Å². The van der Waals surface area contributed by atoms with Gasteiger partial charge in [0.2, 0.25) is 9.05 Å². The first kappa shape index (κ1) is 16.1. The maximum absolute atomic E-state index is 10.7. The fraction of sp³-hybridized carbons (Fsp3) is 0.538. The van der Waals surface area contributed by atoms with E-state index in [9.17, 15) is 8.42 Å². The van der Waals surface area contributed by atoms with Crippen molar-refractivity contribution in [1.29, 1.82) is 0 Å². The molecule has 0 aromatic heterocycles. The first-order valence-corrected chi connectivity index (χ1v) is 8.77. The fourth-order valence-corrected chi connectivity index (χ4v) is 2.34. The summed E-state index contributed by atoms with van der Waals surface area (Å²) in [7, 11) is 1.73. The number of hydrogen-bond donors (Lipinski definition) is 0. The van der Waals surface area contributed by atoms with Crippen LogP contribution in [0.25, 0.3) is 0 Å². The Morgan fingerprint density at radius 2 is 1.63 bits per heavy atom. The van der Waals surface area contributed by atoms with Gasteiger partial charge in [-0.25, -0.2) is 8.42 Å². The largest absolute Gasteiger partial charge is 0.490 e. The van der Waals surface area contributed by atoms with E-state index in [0.717, 1.165) is 6.42 Å². The minimum atomic E-state index is -3.40. The molecule has 0 spiro atoms. The van der Waals surface area contributed by atoms with Gasteiger partial charge in [-0.2, -0.15) is 0 Å². The Kier molecular flexibility index (Phi) is 7.02. The summed E-state index contributed by atoms with van der Waals surface area (Å²) in [6.07, 6.45) is 2.06. The second-order valence-electron chi connectivity index (χ2n) is 4.09. The smallest absolute Gasteiger partial charge is 0.232 e. The average Bonchev–Trinajstić information content (AvgIpc) is 2.36. The minimum Gasteiger partial charge on any atom is -0.490 e. The molecule has 1 rings (SSSR count). The van der Waals surface area contributed by atoms with Crippen LogP contribution in [0, 0.1) is 0 Å². The highest BCUT2D eigenvalue weighted by Crippen LogP contribution is 2.26. The summed E-state index contributed by atoms with van der Waals surface area (Å²) < 4.78 is 32.6. The Bertz CT molecular complexity index is 473. The molecule has 4 nitrogen and oxygen atoms in total.